The topological polar surface area (TPSA) is 120 Å². The number of carbonyl (C=O) groups excluding carboxylic acids is 1. The molecule has 3 aromatic rings. The normalized spacial score (nSPS) is 11.3. The molecule has 0 aliphatic carbocycles. The van der Waals surface area contributed by atoms with Crippen LogP contribution in [-0.4, -0.2) is 29.1 Å². The second kappa shape index (κ2) is 6.70. The zero-order valence-electron chi connectivity index (χ0n) is 14.2. The third-order valence-corrected chi connectivity index (χ3v) is 4.96. The molecule has 3 rings (SSSR count). The summed E-state index contributed by atoms with van der Waals surface area (Å²) in [5, 5.41) is 15.4. The van der Waals surface area contributed by atoms with E-state index in [1.807, 2.05) is 0 Å². The molecule has 134 valence electrons. The molecule has 0 saturated carbocycles. The Morgan fingerprint density at radius 2 is 1.69 bits per heavy atom. The molecule has 1 aromatic heterocycles. The summed E-state index contributed by atoms with van der Waals surface area (Å²) in [6.07, 6.45) is 3.11. The van der Waals surface area contributed by atoms with Crippen LogP contribution in [0.3, 0.4) is 0 Å². The first-order valence-electron chi connectivity index (χ1n) is 7.66. The van der Waals surface area contributed by atoms with Crippen molar-refractivity contribution in [2.45, 2.75) is 18.7 Å². The van der Waals surface area contributed by atoms with Crippen molar-refractivity contribution in [3.63, 3.8) is 0 Å². The zero-order valence-corrected chi connectivity index (χ0v) is 15.0. The highest BCUT2D eigenvalue weighted by molar-refractivity contribution is 7.89. The smallest absolute Gasteiger partial charge is 0.255 e. The van der Waals surface area contributed by atoms with Gasteiger partial charge in [0.2, 0.25) is 10.0 Å². The molecule has 0 fully saturated rings. The number of benzene rings is 2. The Hall–Kier alpha value is -3.04. The van der Waals surface area contributed by atoms with Crippen LogP contribution in [0.15, 0.2) is 53.9 Å². The van der Waals surface area contributed by atoms with Crippen LogP contribution in [0, 0.1) is 13.8 Å². The van der Waals surface area contributed by atoms with Gasteiger partial charge in [-0.1, -0.05) is 0 Å². The maximum absolute atomic E-state index is 12.5. The minimum Gasteiger partial charge on any atom is -0.322 e. The lowest BCUT2D eigenvalue weighted by atomic mass is 10.1. The highest BCUT2D eigenvalue weighted by Crippen LogP contribution is 2.24. The first kappa shape index (κ1) is 17.8. The molecular formula is C17H17N5O3S. The Bertz CT molecular complexity index is 1060. The van der Waals surface area contributed by atoms with Crippen LogP contribution >= 0.6 is 0 Å². The maximum atomic E-state index is 12.5. The number of aryl methyl sites for hydroxylation is 1. The van der Waals surface area contributed by atoms with Crippen molar-refractivity contribution in [2.75, 3.05) is 5.32 Å². The fourth-order valence-corrected chi connectivity index (χ4v) is 3.06. The predicted molar refractivity (Wildman–Crippen MR) is 96.6 cm³/mol. The molecule has 2 aromatic carbocycles. The molecule has 9 heteroatoms. The van der Waals surface area contributed by atoms with Crippen LogP contribution in [0.2, 0.25) is 0 Å². The molecule has 1 heterocycles. The van der Waals surface area contributed by atoms with Crippen molar-refractivity contribution in [1.29, 1.82) is 0 Å². The van der Waals surface area contributed by atoms with Gasteiger partial charge in [-0.05, 0) is 61.4 Å². The lowest BCUT2D eigenvalue weighted by Crippen LogP contribution is -2.16. The first-order valence-corrected chi connectivity index (χ1v) is 9.21. The highest BCUT2D eigenvalue weighted by atomic mass is 32.2. The quantitative estimate of drug-likeness (QED) is 0.724. The molecule has 0 radical (unpaired) electrons. The minimum absolute atomic E-state index is 0.0427. The molecule has 0 atom stereocenters. The number of hydrogen-bond acceptors (Lipinski definition) is 5. The van der Waals surface area contributed by atoms with Gasteiger partial charge in [-0.3, -0.25) is 9.36 Å². The van der Waals surface area contributed by atoms with Crippen molar-refractivity contribution < 1.29 is 13.2 Å². The number of aromatic nitrogens is 3. The summed E-state index contributed by atoms with van der Waals surface area (Å²) in [6.45, 7) is 3.56. The summed E-state index contributed by atoms with van der Waals surface area (Å²) in [4.78, 5) is 12.5. The number of hydrogen-bond donors (Lipinski definition) is 2. The number of amides is 1. The van der Waals surface area contributed by atoms with Crippen LogP contribution in [0.4, 0.5) is 5.69 Å². The third-order valence-electron chi connectivity index (χ3n) is 4.06. The van der Waals surface area contributed by atoms with E-state index in [9.17, 15) is 13.2 Å². The Morgan fingerprint density at radius 3 is 2.27 bits per heavy atom. The molecule has 0 saturated heterocycles. The summed E-state index contributed by atoms with van der Waals surface area (Å²) in [7, 11) is -3.86. The summed E-state index contributed by atoms with van der Waals surface area (Å²) < 4.78 is 24.9. The molecule has 26 heavy (non-hydrogen) atoms. The summed E-state index contributed by atoms with van der Waals surface area (Å²) >= 11 is 0. The van der Waals surface area contributed by atoms with Crippen molar-refractivity contribution in [2.24, 2.45) is 5.14 Å². The second-order valence-corrected chi connectivity index (χ2v) is 7.39. The first-order chi connectivity index (χ1) is 12.3. The zero-order chi connectivity index (χ0) is 18.9. The summed E-state index contributed by atoms with van der Waals surface area (Å²) in [6, 6.07) is 9.69. The second-order valence-electron chi connectivity index (χ2n) is 5.83. The van der Waals surface area contributed by atoms with E-state index in [4.69, 9.17) is 5.14 Å². The molecule has 1 amide bonds. The van der Waals surface area contributed by atoms with E-state index in [0.29, 0.717) is 11.3 Å². The van der Waals surface area contributed by atoms with Gasteiger partial charge in [-0.2, -0.15) is 0 Å². The lowest BCUT2D eigenvalue weighted by molar-refractivity contribution is 0.102. The van der Waals surface area contributed by atoms with Gasteiger partial charge in [-0.15, -0.1) is 10.2 Å². The number of anilines is 1. The van der Waals surface area contributed by atoms with Crippen molar-refractivity contribution >= 4 is 21.6 Å². The van der Waals surface area contributed by atoms with Crippen LogP contribution in [0.5, 0.6) is 0 Å². The van der Waals surface area contributed by atoms with Crippen LogP contribution in [0.1, 0.15) is 21.5 Å². The standard InChI is InChI=1S/C17H17N5O3S/c1-11-7-15(26(18,24)25)8-16(12(11)2)21-17(23)13-3-5-14(6-4-13)22-9-19-20-10-22/h3-10H,1-2H3,(H,21,23)(H2,18,24,25). The lowest BCUT2D eigenvalue weighted by Gasteiger charge is -2.13. The van der Waals surface area contributed by atoms with Gasteiger partial charge in [0.1, 0.15) is 12.7 Å². The van der Waals surface area contributed by atoms with E-state index < -0.39 is 10.0 Å². The number of nitrogens with two attached hydrogens (primary N) is 1. The maximum Gasteiger partial charge on any atom is 0.255 e. The number of carbonyl (C=O) groups is 1. The van der Waals surface area contributed by atoms with Gasteiger partial charge in [0.25, 0.3) is 5.91 Å². The van der Waals surface area contributed by atoms with Crippen molar-refractivity contribution in [3.8, 4) is 5.69 Å². The SMILES string of the molecule is Cc1cc(S(N)(=O)=O)cc(NC(=O)c2ccc(-n3cnnc3)cc2)c1C. The average Bonchev–Trinajstić information content (AvgIpc) is 3.12. The van der Waals surface area contributed by atoms with Gasteiger partial charge >= 0.3 is 0 Å². The Balaban J connectivity index is 1.87. The molecular weight excluding hydrogens is 354 g/mol. The average molecular weight is 371 g/mol. The van der Waals surface area contributed by atoms with E-state index in [1.54, 1.807) is 55.3 Å². The molecule has 0 bridgehead atoms. The summed E-state index contributed by atoms with van der Waals surface area (Å²) in [5.74, 6) is -0.352. The van der Waals surface area contributed by atoms with E-state index in [1.165, 1.54) is 12.1 Å². The predicted octanol–water partition coefficient (Wildman–Crippen LogP) is 1.78. The number of primary sulfonamides is 1. The van der Waals surface area contributed by atoms with Gasteiger partial charge in [0.05, 0.1) is 4.90 Å². The molecule has 0 aliphatic rings. The number of nitrogens with zero attached hydrogens (tertiary/aromatic N) is 3. The van der Waals surface area contributed by atoms with Crippen LogP contribution in [0.25, 0.3) is 5.69 Å². The van der Waals surface area contributed by atoms with Gasteiger partial charge in [0, 0.05) is 16.9 Å². The van der Waals surface area contributed by atoms with Crippen molar-refractivity contribution in [1.82, 2.24) is 14.8 Å². The minimum atomic E-state index is -3.86. The number of sulfonamides is 1. The van der Waals surface area contributed by atoms with Gasteiger partial charge < -0.3 is 5.32 Å². The largest absolute Gasteiger partial charge is 0.322 e. The number of nitrogens with one attached hydrogen (secondary N) is 1. The van der Waals surface area contributed by atoms with Crippen molar-refractivity contribution in [3.05, 3.63) is 65.7 Å². The molecule has 3 N–H and O–H groups in total. The molecule has 0 aliphatic heterocycles. The van der Waals surface area contributed by atoms with Gasteiger partial charge in [-0.25, -0.2) is 13.6 Å². The molecule has 8 nitrogen and oxygen atoms in total. The highest BCUT2D eigenvalue weighted by Gasteiger charge is 2.15. The fraction of sp³-hybridized carbons (Fsp3) is 0.118. The Morgan fingerprint density at radius 1 is 1.08 bits per heavy atom. The Labute approximate surface area is 150 Å². The molecule has 0 unspecified atom stereocenters. The monoisotopic (exact) mass is 371 g/mol. The Kier molecular flexibility index (Phi) is 4.58. The van der Waals surface area contributed by atoms with E-state index in [2.05, 4.69) is 15.5 Å². The molecule has 0 spiro atoms. The van der Waals surface area contributed by atoms with Gasteiger partial charge in [0.15, 0.2) is 0 Å². The van der Waals surface area contributed by atoms with E-state index in [0.717, 1.165) is 16.8 Å². The van der Waals surface area contributed by atoms with E-state index in [-0.39, 0.29) is 10.8 Å². The summed E-state index contributed by atoms with van der Waals surface area (Å²) in [5.41, 5.74) is 3.14. The number of rotatable bonds is 4. The van der Waals surface area contributed by atoms with Crippen LogP contribution in [-0.2, 0) is 10.0 Å². The third kappa shape index (κ3) is 3.63. The van der Waals surface area contributed by atoms with Crippen LogP contribution < -0.4 is 10.5 Å². The van der Waals surface area contributed by atoms with E-state index >= 15 is 0 Å². The fourth-order valence-electron chi connectivity index (χ4n) is 2.43.